The summed E-state index contributed by atoms with van der Waals surface area (Å²) in [6.07, 6.45) is 0.774. The average molecular weight is 331 g/mol. The second kappa shape index (κ2) is 6.51. The van der Waals surface area contributed by atoms with Gasteiger partial charge < -0.3 is 15.4 Å². The van der Waals surface area contributed by atoms with Crippen LogP contribution in [0.5, 0.6) is 0 Å². The fraction of sp³-hybridized carbons (Fsp3) is 0.471. The minimum absolute atomic E-state index is 0.0254. The van der Waals surface area contributed by atoms with Crippen LogP contribution < -0.4 is 15.5 Å². The van der Waals surface area contributed by atoms with E-state index in [2.05, 4.69) is 10.6 Å². The van der Waals surface area contributed by atoms with E-state index in [1.165, 1.54) is 6.92 Å². The van der Waals surface area contributed by atoms with Gasteiger partial charge in [-0.1, -0.05) is 6.92 Å². The summed E-state index contributed by atoms with van der Waals surface area (Å²) < 4.78 is 5.28. The van der Waals surface area contributed by atoms with Crippen molar-refractivity contribution in [3.8, 4) is 0 Å². The second-order valence-corrected chi connectivity index (χ2v) is 6.32. The predicted molar refractivity (Wildman–Crippen MR) is 88.9 cm³/mol. The molecule has 2 aliphatic rings. The first-order valence-electron chi connectivity index (χ1n) is 8.10. The summed E-state index contributed by atoms with van der Waals surface area (Å²) in [4.78, 5) is 36.5. The number of fused-ring (bicyclic) bond motifs is 1. The third-order valence-electron chi connectivity index (χ3n) is 4.41. The first-order chi connectivity index (χ1) is 11.4. The van der Waals surface area contributed by atoms with Crippen molar-refractivity contribution >= 4 is 29.3 Å². The van der Waals surface area contributed by atoms with Gasteiger partial charge in [-0.2, -0.15) is 0 Å². The fourth-order valence-corrected chi connectivity index (χ4v) is 2.93. The molecule has 0 aromatic heterocycles. The maximum atomic E-state index is 12.1. The van der Waals surface area contributed by atoms with E-state index in [1.54, 1.807) is 11.0 Å². The van der Waals surface area contributed by atoms with Crippen LogP contribution in [0.2, 0.25) is 0 Å². The smallest absolute Gasteiger partial charge is 0.414 e. The van der Waals surface area contributed by atoms with Gasteiger partial charge in [0.1, 0.15) is 6.10 Å². The fourth-order valence-electron chi connectivity index (χ4n) is 2.93. The van der Waals surface area contributed by atoms with Crippen LogP contribution in [0, 0.1) is 5.92 Å². The Morgan fingerprint density at radius 3 is 2.96 bits per heavy atom. The van der Waals surface area contributed by atoms with Crippen LogP contribution in [0.3, 0.4) is 0 Å². The van der Waals surface area contributed by atoms with Gasteiger partial charge in [0.25, 0.3) is 0 Å². The van der Waals surface area contributed by atoms with Gasteiger partial charge in [-0.05, 0) is 36.6 Å². The third kappa shape index (κ3) is 3.34. The van der Waals surface area contributed by atoms with Crippen molar-refractivity contribution in [2.45, 2.75) is 32.8 Å². The van der Waals surface area contributed by atoms with E-state index in [0.717, 1.165) is 29.8 Å². The monoisotopic (exact) mass is 331 g/mol. The molecule has 3 amide bonds. The number of anilines is 2. The molecule has 7 nitrogen and oxygen atoms in total. The highest BCUT2D eigenvalue weighted by atomic mass is 16.6. The normalized spacial score (nSPS) is 23.2. The van der Waals surface area contributed by atoms with E-state index >= 15 is 0 Å². The Hall–Kier alpha value is -2.57. The molecule has 2 N–H and O–H groups in total. The quantitative estimate of drug-likeness (QED) is 0.882. The molecule has 24 heavy (non-hydrogen) atoms. The van der Waals surface area contributed by atoms with Crippen molar-refractivity contribution in [1.29, 1.82) is 0 Å². The number of hydrogen-bond acceptors (Lipinski definition) is 4. The van der Waals surface area contributed by atoms with Crippen molar-refractivity contribution in [2.75, 3.05) is 23.3 Å². The van der Waals surface area contributed by atoms with Gasteiger partial charge in [0.15, 0.2) is 0 Å². The van der Waals surface area contributed by atoms with Gasteiger partial charge in [-0.25, -0.2) is 4.79 Å². The molecule has 1 aromatic carbocycles. The number of carbonyl (C=O) groups excluding carboxylic acids is 3. The Morgan fingerprint density at radius 2 is 2.21 bits per heavy atom. The molecule has 1 fully saturated rings. The van der Waals surface area contributed by atoms with E-state index in [1.807, 2.05) is 19.1 Å². The lowest BCUT2D eigenvalue weighted by Crippen LogP contribution is -2.33. The molecule has 1 unspecified atom stereocenters. The van der Waals surface area contributed by atoms with E-state index in [-0.39, 0.29) is 23.8 Å². The molecule has 0 spiro atoms. The zero-order chi connectivity index (χ0) is 17.3. The van der Waals surface area contributed by atoms with Gasteiger partial charge >= 0.3 is 6.09 Å². The van der Waals surface area contributed by atoms with E-state index in [4.69, 9.17) is 4.74 Å². The average Bonchev–Trinajstić information content (AvgIpc) is 2.85. The minimum atomic E-state index is -0.420. The number of nitrogens with zero attached hydrogens (tertiary/aromatic N) is 1. The molecule has 0 radical (unpaired) electrons. The van der Waals surface area contributed by atoms with E-state index in [0.29, 0.717) is 13.1 Å². The number of nitrogens with one attached hydrogen (secondary N) is 2. The van der Waals surface area contributed by atoms with Crippen LogP contribution in [0.25, 0.3) is 0 Å². The maximum absolute atomic E-state index is 12.1. The number of benzene rings is 1. The number of ether oxygens (including phenoxy) is 1. The Balaban J connectivity index is 1.75. The molecule has 3 rings (SSSR count). The summed E-state index contributed by atoms with van der Waals surface area (Å²) in [5.74, 6) is -0.156. The van der Waals surface area contributed by atoms with Crippen molar-refractivity contribution in [3.05, 3.63) is 23.8 Å². The maximum Gasteiger partial charge on any atom is 0.414 e. The molecule has 1 saturated heterocycles. The zero-order valence-corrected chi connectivity index (χ0v) is 13.8. The van der Waals surface area contributed by atoms with Crippen LogP contribution in [-0.4, -0.2) is 37.1 Å². The van der Waals surface area contributed by atoms with E-state index in [9.17, 15) is 14.4 Å². The van der Waals surface area contributed by atoms with Crippen LogP contribution in [-0.2, 0) is 20.7 Å². The number of cyclic esters (lactones) is 1. The topological polar surface area (TPSA) is 87.7 Å². The molecular weight excluding hydrogens is 310 g/mol. The molecule has 0 saturated carbocycles. The number of rotatable bonds is 3. The Labute approximate surface area is 140 Å². The molecule has 7 heteroatoms. The SMILES string of the molecule is CC(=O)NC[C@H]1CN(c2ccc3c(c2)CCC(C)C(=O)N3)C(=O)O1. The van der Waals surface area contributed by atoms with Crippen LogP contribution >= 0.6 is 0 Å². The highest BCUT2D eigenvalue weighted by Gasteiger charge is 2.33. The number of amides is 3. The van der Waals surface area contributed by atoms with Crippen molar-refractivity contribution in [1.82, 2.24) is 5.32 Å². The minimum Gasteiger partial charge on any atom is -0.442 e. The molecule has 2 aliphatic heterocycles. The lowest BCUT2D eigenvalue weighted by molar-refractivity contribution is -0.120. The molecule has 1 aromatic rings. The standard InChI is InChI=1S/C17H21N3O4/c1-10-3-4-12-7-13(5-6-15(12)19-16(10)22)20-9-14(24-17(20)23)8-18-11(2)21/h5-7,10,14H,3-4,8-9H2,1-2H3,(H,18,21)(H,19,22)/t10?,14-/m0/s1. The second-order valence-electron chi connectivity index (χ2n) is 6.32. The van der Waals surface area contributed by atoms with Gasteiger partial charge in [0.2, 0.25) is 11.8 Å². The lowest BCUT2D eigenvalue weighted by Gasteiger charge is -2.16. The number of carbonyl (C=O) groups is 3. The molecule has 0 aliphatic carbocycles. The first-order valence-corrected chi connectivity index (χ1v) is 8.10. The van der Waals surface area contributed by atoms with Crippen LogP contribution in [0.4, 0.5) is 16.2 Å². The Kier molecular flexibility index (Phi) is 4.42. The largest absolute Gasteiger partial charge is 0.442 e. The molecule has 128 valence electrons. The van der Waals surface area contributed by atoms with Gasteiger partial charge in [-0.15, -0.1) is 0 Å². The molecule has 0 bridgehead atoms. The third-order valence-corrected chi connectivity index (χ3v) is 4.41. The van der Waals surface area contributed by atoms with E-state index < -0.39 is 6.09 Å². The first kappa shape index (κ1) is 16.3. The van der Waals surface area contributed by atoms with Gasteiger partial charge in [-0.3, -0.25) is 14.5 Å². The van der Waals surface area contributed by atoms with Crippen molar-refractivity contribution < 1.29 is 19.1 Å². The zero-order valence-electron chi connectivity index (χ0n) is 13.8. The Morgan fingerprint density at radius 1 is 1.42 bits per heavy atom. The van der Waals surface area contributed by atoms with Crippen LogP contribution in [0.1, 0.15) is 25.8 Å². The highest BCUT2D eigenvalue weighted by molar-refractivity contribution is 5.95. The number of hydrogen-bond donors (Lipinski definition) is 2. The summed E-state index contributed by atoms with van der Waals surface area (Å²) in [5, 5.41) is 5.58. The summed E-state index contributed by atoms with van der Waals surface area (Å²) in [6, 6.07) is 5.56. The summed E-state index contributed by atoms with van der Waals surface area (Å²) >= 11 is 0. The van der Waals surface area contributed by atoms with Crippen molar-refractivity contribution in [2.24, 2.45) is 5.92 Å². The summed E-state index contributed by atoms with van der Waals surface area (Å²) in [5.41, 5.74) is 2.56. The van der Waals surface area contributed by atoms with Crippen molar-refractivity contribution in [3.63, 3.8) is 0 Å². The predicted octanol–water partition coefficient (Wildman–Crippen LogP) is 1.67. The van der Waals surface area contributed by atoms with Crippen LogP contribution in [0.15, 0.2) is 18.2 Å². The molecular formula is C17H21N3O4. The number of aryl methyl sites for hydroxylation is 1. The highest BCUT2D eigenvalue weighted by Crippen LogP contribution is 2.30. The molecule has 2 heterocycles. The Bertz CT molecular complexity index is 688. The summed E-state index contributed by atoms with van der Waals surface area (Å²) in [6.45, 7) is 4.03. The van der Waals surface area contributed by atoms with Gasteiger partial charge in [0.05, 0.1) is 13.1 Å². The molecule has 2 atom stereocenters. The summed E-state index contributed by atoms with van der Waals surface area (Å²) in [7, 11) is 0. The van der Waals surface area contributed by atoms with Gasteiger partial charge in [0, 0.05) is 24.2 Å². The lowest BCUT2D eigenvalue weighted by atomic mass is 10.0.